The summed E-state index contributed by atoms with van der Waals surface area (Å²) in [5.41, 5.74) is 7.99. The first-order valence-electron chi connectivity index (χ1n) is 14.4. The molecule has 46 heavy (non-hydrogen) atoms. The molecule has 0 fully saturated rings. The Balaban J connectivity index is 1.19. The van der Waals surface area contributed by atoms with E-state index in [-0.39, 0.29) is 6.54 Å². The normalized spacial score (nSPS) is 11.9. The van der Waals surface area contributed by atoms with Gasteiger partial charge in [-0.2, -0.15) is 5.10 Å². The molecule has 11 nitrogen and oxygen atoms in total. The second kappa shape index (κ2) is 12.2. The van der Waals surface area contributed by atoms with Gasteiger partial charge in [-0.05, 0) is 52.6 Å². The molecule has 4 N–H and O–H groups in total. The highest BCUT2D eigenvalue weighted by atomic mass is 32.2. The van der Waals surface area contributed by atoms with E-state index in [2.05, 4.69) is 58.4 Å². The van der Waals surface area contributed by atoms with Crippen LogP contribution in [-0.2, 0) is 29.7 Å². The summed E-state index contributed by atoms with van der Waals surface area (Å²) in [6.45, 7) is 1.38. The summed E-state index contributed by atoms with van der Waals surface area (Å²) in [5.74, 6) is -0.0141. The van der Waals surface area contributed by atoms with Crippen molar-refractivity contribution in [2.24, 2.45) is 0 Å². The fourth-order valence-corrected chi connectivity index (χ4v) is 5.74. The highest BCUT2D eigenvalue weighted by Crippen LogP contribution is 2.32. The number of benzene rings is 2. The standard InChI is InChI=1S/C33H28FN9O2S/c1-46(44,45)39-15-21-7-23(10-26(34)9-21)28-18-37-19-29-30(28)41-33(40-29)31-27-11-25(17-38-32(27)43-42-31)24-8-22(14-36-16-24)13-35-12-20-5-3-2-4-6-20/h2-11,14,16-19,35,39H,12-13,15H2,1H3,(H,40,41)(H,38,42,43). The molecule has 5 aromatic heterocycles. The van der Waals surface area contributed by atoms with Crippen LogP contribution in [0, 0.1) is 5.82 Å². The third-order valence-corrected chi connectivity index (χ3v) is 8.14. The first-order valence-corrected chi connectivity index (χ1v) is 16.3. The van der Waals surface area contributed by atoms with E-state index in [1.807, 2.05) is 30.5 Å². The van der Waals surface area contributed by atoms with Crippen molar-refractivity contribution in [2.75, 3.05) is 6.26 Å². The van der Waals surface area contributed by atoms with Crippen LogP contribution >= 0.6 is 0 Å². The number of hydrogen-bond acceptors (Lipinski definition) is 8. The summed E-state index contributed by atoms with van der Waals surface area (Å²) in [5, 5.41) is 11.7. The molecule has 5 heterocycles. The lowest BCUT2D eigenvalue weighted by molar-refractivity contribution is 0.586. The van der Waals surface area contributed by atoms with Gasteiger partial charge in [0.1, 0.15) is 11.5 Å². The van der Waals surface area contributed by atoms with Gasteiger partial charge >= 0.3 is 0 Å². The molecule has 0 atom stereocenters. The molecule has 2 aromatic carbocycles. The van der Waals surface area contributed by atoms with Crippen molar-refractivity contribution in [3.8, 4) is 33.8 Å². The molecule has 7 rings (SSSR count). The maximum Gasteiger partial charge on any atom is 0.209 e. The first kappa shape index (κ1) is 29.3. The molecule has 7 aromatic rings. The van der Waals surface area contributed by atoms with Crippen LogP contribution in [0.3, 0.4) is 0 Å². The van der Waals surface area contributed by atoms with Crippen molar-refractivity contribution in [1.82, 2.24) is 45.2 Å². The second-order valence-corrected chi connectivity index (χ2v) is 12.8. The van der Waals surface area contributed by atoms with Gasteiger partial charge in [-0.15, -0.1) is 0 Å². The number of hydrogen-bond donors (Lipinski definition) is 4. The summed E-state index contributed by atoms with van der Waals surface area (Å²) in [6, 6.07) is 18.7. The van der Waals surface area contributed by atoms with Crippen molar-refractivity contribution < 1.29 is 12.8 Å². The number of H-pyrrole nitrogens is 2. The maximum atomic E-state index is 14.6. The quantitative estimate of drug-likeness (QED) is 0.162. The van der Waals surface area contributed by atoms with Crippen molar-refractivity contribution in [2.45, 2.75) is 19.6 Å². The fourth-order valence-electron chi connectivity index (χ4n) is 5.31. The Morgan fingerprint density at radius 1 is 0.804 bits per heavy atom. The van der Waals surface area contributed by atoms with E-state index in [9.17, 15) is 12.8 Å². The van der Waals surface area contributed by atoms with Crippen LogP contribution in [0.2, 0.25) is 0 Å². The zero-order valence-corrected chi connectivity index (χ0v) is 25.4. The number of aromatic nitrogens is 7. The molecule has 0 aliphatic carbocycles. The Labute approximate surface area is 263 Å². The van der Waals surface area contributed by atoms with Gasteiger partial charge in [-0.3, -0.25) is 15.1 Å². The Morgan fingerprint density at radius 3 is 2.43 bits per heavy atom. The molecule has 13 heteroatoms. The van der Waals surface area contributed by atoms with Crippen molar-refractivity contribution >= 4 is 32.1 Å². The minimum Gasteiger partial charge on any atom is -0.335 e. The van der Waals surface area contributed by atoms with E-state index in [0.717, 1.165) is 34.9 Å². The molecule has 0 saturated carbocycles. The van der Waals surface area contributed by atoms with E-state index >= 15 is 0 Å². The van der Waals surface area contributed by atoms with Crippen LogP contribution < -0.4 is 10.0 Å². The molecule has 0 radical (unpaired) electrons. The second-order valence-electron chi connectivity index (χ2n) is 11.0. The van der Waals surface area contributed by atoms with Gasteiger partial charge in [0.05, 0.1) is 28.9 Å². The minimum atomic E-state index is -3.45. The Kier molecular flexibility index (Phi) is 7.78. The summed E-state index contributed by atoms with van der Waals surface area (Å²) in [7, 11) is -3.45. The largest absolute Gasteiger partial charge is 0.335 e. The van der Waals surface area contributed by atoms with E-state index in [1.165, 1.54) is 17.7 Å². The molecule has 0 aliphatic heterocycles. The zero-order chi connectivity index (χ0) is 31.7. The van der Waals surface area contributed by atoms with Crippen molar-refractivity contribution in [3.63, 3.8) is 0 Å². The average Bonchev–Trinajstić information content (AvgIpc) is 3.68. The number of nitrogens with one attached hydrogen (secondary N) is 4. The molecule has 0 aliphatic rings. The molecule has 0 unspecified atom stereocenters. The summed E-state index contributed by atoms with van der Waals surface area (Å²) in [6.07, 6.45) is 9.74. The third kappa shape index (κ3) is 6.38. The maximum absolute atomic E-state index is 14.6. The predicted molar refractivity (Wildman–Crippen MR) is 174 cm³/mol. The van der Waals surface area contributed by atoms with Crippen LogP contribution in [0.15, 0.2) is 91.6 Å². The fraction of sp³-hybridized carbons (Fsp3) is 0.121. The van der Waals surface area contributed by atoms with E-state index in [1.54, 1.807) is 30.9 Å². The van der Waals surface area contributed by atoms with Gasteiger partial charge < -0.3 is 10.3 Å². The first-order chi connectivity index (χ1) is 22.3. The number of pyridine rings is 3. The molecular weight excluding hydrogens is 605 g/mol. The van der Waals surface area contributed by atoms with Crippen molar-refractivity contribution in [1.29, 1.82) is 0 Å². The number of halogens is 1. The van der Waals surface area contributed by atoms with Gasteiger partial charge in [0.25, 0.3) is 0 Å². The number of sulfonamides is 1. The van der Waals surface area contributed by atoms with Crippen molar-refractivity contribution in [3.05, 3.63) is 114 Å². The zero-order valence-electron chi connectivity index (χ0n) is 24.6. The topological polar surface area (TPSA) is 154 Å². The minimum absolute atomic E-state index is 0.0456. The SMILES string of the molecule is CS(=O)(=O)NCc1cc(F)cc(-c2cncc3[nH]c(-c4n[nH]c5ncc(-c6cncc(CNCc7ccccc7)c6)cc45)nc23)c1. The molecule has 0 spiro atoms. The number of rotatable bonds is 10. The van der Waals surface area contributed by atoms with E-state index < -0.39 is 15.8 Å². The number of imidazole rings is 1. The van der Waals surface area contributed by atoms with Gasteiger partial charge in [0.15, 0.2) is 11.5 Å². The smallest absolute Gasteiger partial charge is 0.209 e. The highest BCUT2D eigenvalue weighted by Gasteiger charge is 2.18. The van der Waals surface area contributed by atoms with E-state index in [0.29, 0.717) is 51.4 Å². The van der Waals surface area contributed by atoms with Crippen LogP contribution in [0.5, 0.6) is 0 Å². The van der Waals surface area contributed by atoms with Gasteiger partial charge in [0, 0.05) is 61.1 Å². The van der Waals surface area contributed by atoms with Crippen LogP contribution in [-0.4, -0.2) is 49.8 Å². The molecule has 0 bridgehead atoms. The monoisotopic (exact) mass is 633 g/mol. The van der Waals surface area contributed by atoms with E-state index in [4.69, 9.17) is 4.98 Å². The summed E-state index contributed by atoms with van der Waals surface area (Å²) >= 11 is 0. The molecule has 0 saturated heterocycles. The molecule has 0 amide bonds. The van der Waals surface area contributed by atoms with Crippen LogP contribution in [0.25, 0.3) is 55.8 Å². The van der Waals surface area contributed by atoms with Gasteiger partial charge in [-0.1, -0.05) is 30.3 Å². The van der Waals surface area contributed by atoms with Crippen LogP contribution in [0.4, 0.5) is 4.39 Å². The Bertz CT molecular complexity index is 2300. The lowest BCUT2D eigenvalue weighted by Crippen LogP contribution is -2.21. The summed E-state index contributed by atoms with van der Waals surface area (Å²) in [4.78, 5) is 21.5. The Hall–Kier alpha value is -5.37. The Morgan fingerprint density at radius 2 is 1.59 bits per heavy atom. The number of fused-ring (bicyclic) bond motifs is 2. The number of nitrogens with zero attached hydrogens (tertiary/aromatic N) is 5. The predicted octanol–water partition coefficient (Wildman–Crippen LogP) is 5.10. The average molecular weight is 634 g/mol. The molecular formula is C33H28FN9O2S. The van der Waals surface area contributed by atoms with Gasteiger partial charge in [0.2, 0.25) is 10.0 Å². The molecule has 230 valence electrons. The third-order valence-electron chi connectivity index (χ3n) is 7.47. The highest BCUT2D eigenvalue weighted by molar-refractivity contribution is 7.88. The van der Waals surface area contributed by atoms with Gasteiger partial charge in [-0.25, -0.2) is 27.5 Å². The number of aromatic amines is 2. The lowest BCUT2D eigenvalue weighted by Gasteiger charge is -2.07. The van der Waals surface area contributed by atoms with Crippen LogP contribution in [0.1, 0.15) is 16.7 Å². The summed E-state index contributed by atoms with van der Waals surface area (Å²) < 4.78 is 40.2. The lowest BCUT2D eigenvalue weighted by atomic mass is 10.0.